The SMILES string of the molecule is C[C@]1(NC(=O)c2ccc(Cl)cn2)CC2(CCNCC2)OC[C@@H]1O.Cl. The Morgan fingerprint density at radius 3 is 2.79 bits per heavy atom. The molecule has 1 amide bonds. The number of aliphatic hydroxyl groups excluding tert-OH is 1. The fourth-order valence-electron chi connectivity index (χ4n) is 3.44. The number of rotatable bonds is 2. The van der Waals surface area contributed by atoms with Crippen molar-refractivity contribution < 1.29 is 14.6 Å². The lowest BCUT2D eigenvalue weighted by molar-refractivity contribution is -0.169. The van der Waals surface area contributed by atoms with Crippen LogP contribution in [0.4, 0.5) is 0 Å². The van der Waals surface area contributed by atoms with Crippen molar-refractivity contribution in [2.75, 3.05) is 19.7 Å². The smallest absolute Gasteiger partial charge is 0.270 e. The first-order valence-electron chi connectivity index (χ1n) is 7.89. The van der Waals surface area contributed by atoms with Gasteiger partial charge in [0, 0.05) is 12.6 Å². The lowest BCUT2D eigenvalue weighted by Gasteiger charge is -2.50. The number of pyridine rings is 1. The molecule has 0 aliphatic carbocycles. The molecule has 6 nitrogen and oxygen atoms in total. The third kappa shape index (κ3) is 4.00. The zero-order chi connectivity index (χ0) is 16.5. The van der Waals surface area contributed by atoms with Gasteiger partial charge in [-0.2, -0.15) is 0 Å². The van der Waals surface area contributed by atoms with Crippen LogP contribution in [0.5, 0.6) is 0 Å². The highest BCUT2D eigenvalue weighted by Crippen LogP contribution is 2.38. The van der Waals surface area contributed by atoms with E-state index < -0.39 is 11.6 Å². The van der Waals surface area contributed by atoms with Gasteiger partial charge >= 0.3 is 0 Å². The number of aliphatic hydroxyl groups is 1. The maximum Gasteiger partial charge on any atom is 0.270 e. The second-order valence-electron chi connectivity index (χ2n) is 6.67. The van der Waals surface area contributed by atoms with Crippen LogP contribution in [0.3, 0.4) is 0 Å². The summed E-state index contributed by atoms with van der Waals surface area (Å²) in [6.07, 6.45) is 3.03. The average Bonchev–Trinajstić information content (AvgIpc) is 2.53. The zero-order valence-electron chi connectivity index (χ0n) is 13.5. The minimum atomic E-state index is -0.751. The Bertz CT molecular complexity index is 578. The van der Waals surface area contributed by atoms with Crippen LogP contribution >= 0.6 is 24.0 Å². The second kappa shape index (κ2) is 7.54. The first-order chi connectivity index (χ1) is 10.9. The van der Waals surface area contributed by atoms with Crippen LogP contribution in [-0.4, -0.2) is 52.9 Å². The molecule has 1 spiro atoms. The van der Waals surface area contributed by atoms with Crippen molar-refractivity contribution >= 4 is 29.9 Å². The Morgan fingerprint density at radius 1 is 1.46 bits per heavy atom. The predicted molar refractivity (Wildman–Crippen MR) is 93.8 cm³/mol. The van der Waals surface area contributed by atoms with E-state index in [2.05, 4.69) is 15.6 Å². The summed E-state index contributed by atoms with van der Waals surface area (Å²) >= 11 is 5.80. The molecule has 1 aromatic rings. The van der Waals surface area contributed by atoms with Crippen molar-refractivity contribution in [3.63, 3.8) is 0 Å². The Hall–Kier alpha value is -0.920. The van der Waals surface area contributed by atoms with E-state index >= 15 is 0 Å². The van der Waals surface area contributed by atoms with Crippen LogP contribution in [0.15, 0.2) is 18.3 Å². The molecule has 134 valence electrons. The van der Waals surface area contributed by atoms with E-state index in [0.29, 0.717) is 11.4 Å². The van der Waals surface area contributed by atoms with E-state index in [0.717, 1.165) is 25.9 Å². The molecular formula is C16H23Cl2N3O3. The van der Waals surface area contributed by atoms with Gasteiger partial charge < -0.3 is 20.5 Å². The fourth-order valence-corrected chi connectivity index (χ4v) is 3.55. The van der Waals surface area contributed by atoms with Gasteiger partial charge in [0.1, 0.15) is 11.8 Å². The van der Waals surface area contributed by atoms with Crippen molar-refractivity contribution in [3.8, 4) is 0 Å². The molecule has 3 N–H and O–H groups in total. The number of piperidine rings is 1. The van der Waals surface area contributed by atoms with E-state index in [-0.39, 0.29) is 36.2 Å². The molecule has 3 heterocycles. The molecule has 8 heteroatoms. The van der Waals surface area contributed by atoms with Crippen molar-refractivity contribution in [2.45, 2.75) is 43.4 Å². The monoisotopic (exact) mass is 375 g/mol. The molecule has 1 aromatic heterocycles. The number of carbonyl (C=O) groups is 1. The van der Waals surface area contributed by atoms with Gasteiger partial charge in [0.15, 0.2) is 0 Å². The molecule has 0 saturated carbocycles. The Morgan fingerprint density at radius 2 is 2.17 bits per heavy atom. The largest absolute Gasteiger partial charge is 0.388 e. The summed E-state index contributed by atoms with van der Waals surface area (Å²) in [7, 11) is 0. The number of carbonyl (C=O) groups excluding carboxylic acids is 1. The topological polar surface area (TPSA) is 83.5 Å². The molecule has 24 heavy (non-hydrogen) atoms. The van der Waals surface area contributed by atoms with Crippen molar-refractivity contribution in [1.29, 1.82) is 0 Å². The van der Waals surface area contributed by atoms with Gasteiger partial charge in [-0.3, -0.25) is 4.79 Å². The number of ether oxygens (including phenoxy) is 1. The summed E-state index contributed by atoms with van der Waals surface area (Å²) in [6, 6.07) is 3.20. The molecule has 3 rings (SSSR count). The summed E-state index contributed by atoms with van der Waals surface area (Å²) in [5, 5.41) is 17.1. The van der Waals surface area contributed by atoms with Gasteiger partial charge in [-0.05, 0) is 45.0 Å². The van der Waals surface area contributed by atoms with Crippen molar-refractivity contribution in [2.24, 2.45) is 0 Å². The van der Waals surface area contributed by atoms with E-state index in [1.807, 2.05) is 6.92 Å². The van der Waals surface area contributed by atoms with E-state index in [1.165, 1.54) is 6.20 Å². The normalized spacial score (nSPS) is 28.9. The maximum atomic E-state index is 12.5. The molecular weight excluding hydrogens is 353 g/mol. The fraction of sp³-hybridized carbons (Fsp3) is 0.625. The van der Waals surface area contributed by atoms with E-state index in [1.54, 1.807) is 12.1 Å². The van der Waals surface area contributed by atoms with Gasteiger partial charge in [0.05, 0.1) is 22.8 Å². The lowest BCUT2D eigenvalue weighted by Crippen LogP contribution is -2.65. The number of amides is 1. The van der Waals surface area contributed by atoms with Gasteiger partial charge in [-0.25, -0.2) is 4.98 Å². The first kappa shape index (κ1) is 19.4. The molecule has 2 aliphatic heterocycles. The average molecular weight is 376 g/mol. The Kier molecular flexibility index (Phi) is 6.09. The quantitative estimate of drug-likeness (QED) is 0.730. The number of aromatic nitrogens is 1. The van der Waals surface area contributed by atoms with Crippen LogP contribution < -0.4 is 10.6 Å². The first-order valence-corrected chi connectivity index (χ1v) is 8.27. The zero-order valence-corrected chi connectivity index (χ0v) is 15.1. The maximum absolute atomic E-state index is 12.5. The van der Waals surface area contributed by atoms with E-state index in [4.69, 9.17) is 16.3 Å². The molecule has 0 radical (unpaired) electrons. The van der Waals surface area contributed by atoms with Crippen LogP contribution in [0.25, 0.3) is 0 Å². The minimum absolute atomic E-state index is 0. The Balaban J connectivity index is 0.00000208. The van der Waals surface area contributed by atoms with Gasteiger partial charge in [0.25, 0.3) is 5.91 Å². The summed E-state index contributed by atoms with van der Waals surface area (Å²) < 4.78 is 5.94. The molecule has 2 saturated heterocycles. The molecule has 0 aromatic carbocycles. The summed E-state index contributed by atoms with van der Waals surface area (Å²) in [5.74, 6) is -0.311. The molecule has 2 atom stereocenters. The Labute approximate surface area is 152 Å². The second-order valence-corrected chi connectivity index (χ2v) is 7.11. The lowest BCUT2D eigenvalue weighted by atomic mass is 9.75. The molecule has 0 bridgehead atoms. The molecule has 2 aliphatic rings. The number of hydrogen-bond donors (Lipinski definition) is 3. The summed E-state index contributed by atoms with van der Waals surface area (Å²) in [4.78, 5) is 16.5. The summed E-state index contributed by atoms with van der Waals surface area (Å²) in [6.45, 7) is 3.88. The van der Waals surface area contributed by atoms with Gasteiger partial charge in [-0.1, -0.05) is 11.6 Å². The number of halogens is 2. The van der Waals surface area contributed by atoms with Gasteiger partial charge in [-0.15, -0.1) is 12.4 Å². The standard InChI is InChI=1S/C16H22ClN3O3.ClH/c1-15(20-14(22)12-3-2-11(17)8-19-12)10-16(23-9-13(15)21)4-6-18-7-5-16;/h2-3,8,13,18,21H,4-7,9-10H2,1H3,(H,20,22);1H/t13-,15-;/m0./s1. The van der Waals surface area contributed by atoms with Crippen molar-refractivity contribution in [3.05, 3.63) is 29.0 Å². The molecule has 0 unspecified atom stereocenters. The highest BCUT2D eigenvalue weighted by molar-refractivity contribution is 6.30. The highest BCUT2D eigenvalue weighted by Gasteiger charge is 2.49. The summed E-state index contributed by atoms with van der Waals surface area (Å²) in [5.41, 5.74) is -0.734. The number of hydrogen-bond acceptors (Lipinski definition) is 5. The third-order valence-electron chi connectivity index (χ3n) is 4.85. The van der Waals surface area contributed by atoms with Crippen LogP contribution in [0, 0.1) is 0 Å². The van der Waals surface area contributed by atoms with Crippen LogP contribution in [0.1, 0.15) is 36.7 Å². The van der Waals surface area contributed by atoms with Crippen molar-refractivity contribution in [1.82, 2.24) is 15.6 Å². The van der Waals surface area contributed by atoms with E-state index in [9.17, 15) is 9.90 Å². The predicted octanol–water partition coefficient (Wildman–Crippen LogP) is 1.55. The molecule has 2 fully saturated rings. The highest BCUT2D eigenvalue weighted by atomic mass is 35.5. The van der Waals surface area contributed by atoms with Crippen LogP contribution in [-0.2, 0) is 4.74 Å². The number of nitrogens with zero attached hydrogens (tertiary/aromatic N) is 1. The van der Waals surface area contributed by atoms with Gasteiger partial charge in [0.2, 0.25) is 0 Å². The third-order valence-corrected chi connectivity index (χ3v) is 5.07. The van der Waals surface area contributed by atoms with Crippen LogP contribution in [0.2, 0.25) is 5.02 Å². The number of nitrogens with one attached hydrogen (secondary N) is 2. The minimum Gasteiger partial charge on any atom is -0.388 e.